The van der Waals surface area contributed by atoms with Gasteiger partial charge < -0.3 is 0 Å². The molecule has 0 unspecified atom stereocenters. The van der Waals surface area contributed by atoms with Crippen LogP contribution in [0.1, 0.15) is 16.1 Å². The maximum absolute atomic E-state index is 12.1. The lowest BCUT2D eigenvalue weighted by molar-refractivity contribution is 0.243. The van der Waals surface area contributed by atoms with E-state index in [1.165, 1.54) is 0 Å². The van der Waals surface area contributed by atoms with Crippen LogP contribution >= 0.6 is 11.3 Å². The van der Waals surface area contributed by atoms with E-state index in [2.05, 4.69) is 19.9 Å². The van der Waals surface area contributed by atoms with E-state index in [1.54, 1.807) is 16.8 Å². The third-order valence-corrected chi connectivity index (χ3v) is 5.00. The lowest BCUT2D eigenvalue weighted by Gasteiger charge is -2.26. The van der Waals surface area contributed by atoms with Gasteiger partial charge in [0.2, 0.25) is 15.0 Å². The van der Waals surface area contributed by atoms with E-state index in [4.69, 9.17) is 0 Å². The number of nitrogens with zero attached hydrogens (tertiary/aromatic N) is 3. The van der Waals surface area contributed by atoms with Gasteiger partial charge in [0.25, 0.3) is 5.56 Å². The number of nitrogens with one attached hydrogen (secondary N) is 1. The second kappa shape index (κ2) is 5.32. The number of thiazole rings is 1. The van der Waals surface area contributed by atoms with Gasteiger partial charge in [0, 0.05) is 43.4 Å². The van der Waals surface area contributed by atoms with Gasteiger partial charge in [0.05, 0.1) is 16.8 Å². The van der Waals surface area contributed by atoms with Crippen LogP contribution in [-0.4, -0.2) is 41.1 Å². The summed E-state index contributed by atoms with van der Waals surface area (Å²) in [5.74, 6) is 0. The molecule has 2 aromatic heterocycles. The van der Waals surface area contributed by atoms with Crippen LogP contribution in [0, 0.1) is 0 Å². The Morgan fingerprint density at radius 1 is 1.48 bits per heavy atom. The van der Waals surface area contributed by atoms with Crippen molar-refractivity contribution in [3.05, 3.63) is 38.2 Å². The van der Waals surface area contributed by atoms with Crippen LogP contribution < -0.4 is 5.56 Å². The molecule has 0 spiro atoms. The molecule has 0 bridgehead atoms. The van der Waals surface area contributed by atoms with E-state index in [0.717, 1.165) is 24.2 Å². The Morgan fingerprint density at radius 2 is 2.29 bits per heavy atom. The minimum atomic E-state index is -3.50. The summed E-state index contributed by atoms with van der Waals surface area (Å²) in [5.41, 5.74) is 2.55. The van der Waals surface area contributed by atoms with E-state index in [1.807, 2.05) is 6.20 Å². The van der Waals surface area contributed by atoms with Crippen LogP contribution in [0.25, 0.3) is 0 Å². The smallest absolute Gasteiger partial charge is 0.256 e. The minimum Gasteiger partial charge on any atom is -0.297 e. The molecule has 1 aliphatic rings. The van der Waals surface area contributed by atoms with E-state index >= 15 is 0 Å². The second-order valence-corrected chi connectivity index (χ2v) is 7.90. The number of hydrogen-bond acceptors (Lipinski definition) is 7. The summed E-state index contributed by atoms with van der Waals surface area (Å²) in [6, 6.07) is 0. The standard InChI is InChI=1S/C12H14N4O3S2/c1-21(18,19)12-14-10-2-3-16(5-8-4-13-7-20-8)6-9(10)11(17)15-12/h4,7H,2-3,5-6H2,1H3,(H,14,15,17). The zero-order chi connectivity index (χ0) is 15.0. The van der Waals surface area contributed by atoms with Crippen LogP contribution in [0.5, 0.6) is 0 Å². The van der Waals surface area contributed by atoms with E-state index in [0.29, 0.717) is 24.2 Å². The number of hydrogen-bond donors (Lipinski definition) is 1. The monoisotopic (exact) mass is 326 g/mol. The van der Waals surface area contributed by atoms with Crippen LogP contribution in [0.3, 0.4) is 0 Å². The largest absolute Gasteiger partial charge is 0.297 e. The van der Waals surface area contributed by atoms with Crippen molar-refractivity contribution < 1.29 is 8.42 Å². The molecule has 0 radical (unpaired) electrons. The van der Waals surface area contributed by atoms with Crippen molar-refractivity contribution in [2.45, 2.75) is 24.7 Å². The fourth-order valence-corrected chi connectivity index (χ4v) is 3.50. The third-order valence-electron chi connectivity index (χ3n) is 3.34. The van der Waals surface area contributed by atoms with Crippen LogP contribution in [-0.2, 0) is 29.3 Å². The highest BCUT2D eigenvalue weighted by Crippen LogP contribution is 2.18. The molecule has 0 saturated heterocycles. The average Bonchev–Trinajstić information content (AvgIpc) is 2.91. The van der Waals surface area contributed by atoms with E-state index in [-0.39, 0.29) is 10.7 Å². The van der Waals surface area contributed by atoms with Crippen molar-refractivity contribution in [2.75, 3.05) is 12.8 Å². The lowest BCUT2D eigenvalue weighted by atomic mass is 10.1. The molecule has 3 rings (SSSR count). The van der Waals surface area contributed by atoms with Gasteiger partial charge in [-0.2, -0.15) is 0 Å². The van der Waals surface area contributed by atoms with Gasteiger partial charge in [0.1, 0.15) is 0 Å². The van der Waals surface area contributed by atoms with Gasteiger partial charge in [-0.15, -0.1) is 11.3 Å². The first-order valence-electron chi connectivity index (χ1n) is 6.35. The topological polar surface area (TPSA) is 96.0 Å². The van der Waals surface area contributed by atoms with Gasteiger partial charge >= 0.3 is 0 Å². The highest BCUT2D eigenvalue weighted by molar-refractivity contribution is 7.90. The molecule has 0 atom stereocenters. The second-order valence-electron chi connectivity index (χ2n) is 5.00. The first-order valence-corrected chi connectivity index (χ1v) is 9.12. The number of H-pyrrole nitrogens is 1. The van der Waals surface area contributed by atoms with E-state index < -0.39 is 9.84 Å². The lowest BCUT2D eigenvalue weighted by Crippen LogP contribution is -2.35. The van der Waals surface area contributed by atoms with E-state index in [9.17, 15) is 13.2 Å². The quantitative estimate of drug-likeness (QED) is 0.809. The Kier molecular flexibility index (Phi) is 3.64. The summed E-state index contributed by atoms with van der Waals surface area (Å²) < 4.78 is 23.0. The fraction of sp³-hybridized carbons (Fsp3) is 0.417. The highest BCUT2D eigenvalue weighted by atomic mass is 32.2. The van der Waals surface area contributed by atoms with Crippen molar-refractivity contribution in [3.63, 3.8) is 0 Å². The molecule has 9 heteroatoms. The molecule has 0 aromatic carbocycles. The number of aromatic amines is 1. The van der Waals surface area contributed by atoms with Gasteiger partial charge in [-0.05, 0) is 0 Å². The molecule has 21 heavy (non-hydrogen) atoms. The number of fused-ring (bicyclic) bond motifs is 1. The molecule has 0 saturated carbocycles. The van der Waals surface area contributed by atoms with Crippen molar-refractivity contribution in [1.29, 1.82) is 0 Å². The predicted molar refractivity (Wildman–Crippen MR) is 77.9 cm³/mol. The van der Waals surface area contributed by atoms with Gasteiger partial charge in [-0.3, -0.25) is 19.7 Å². The summed E-state index contributed by atoms with van der Waals surface area (Å²) in [6.07, 6.45) is 3.42. The van der Waals surface area contributed by atoms with Crippen molar-refractivity contribution >= 4 is 21.2 Å². The molecule has 0 fully saturated rings. The molecule has 1 N–H and O–H groups in total. The van der Waals surface area contributed by atoms with Gasteiger partial charge in [0.15, 0.2) is 0 Å². The molecular weight excluding hydrogens is 312 g/mol. The first-order chi connectivity index (χ1) is 9.93. The summed E-state index contributed by atoms with van der Waals surface area (Å²) in [7, 11) is -3.50. The molecular formula is C12H14N4O3S2. The fourth-order valence-electron chi connectivity index (χ4n) is 2.31. The Morgan fingerprint density at radius 3 is 2.95 bits per heavy atom. The van der Waals surface area contributed by atoms with Crippen LogP contribution in [0.4, 0.5) is 0 Å². The van der Waals surface area contributed by atoms with Crippen LogP contribution in [0.2, 0.25) is 0 Å². The number of rotatable bonds is 3. The van der Waals surface area contributed by atoms with Crippen molar-refractivity contribution in [1.82, 2.24) is 19.9 Å². The zero-order valence-electron chi connectivity index (χ0n) is 11.4. The van der Waals surface area contributed by atoms with Gasteiger partial charge in [-0.1, -0.05) is 0 Å². The van der Waals surface area contributed by atoms with Gasteiger partial charge in [-0.25, -0.2) is 13.4 Å². The molecule has 2 aromatic rings. The van der Waals surface area contributed by atoms with Crippen molar-refractivity contribution in [2.24, 2.45) is 0 Å². The highest BCUT2D eigenvalue weighted by Gasteiger charge is 2.23. The maximum Gasteiger partial charge on any atom is 0.256 e. The average molecular weight is 326 g/mol. The zero-order valence-corrected chi connectivity index (χ0v) is 13.0. The molecule has 0 aliphatic carbocycles. The Labute approximate surface area is 125 Å². The summed E-state index contributed by atoms with van der Waals surface area (Å²) in [4.78, 5) is 25.8. The number of aromatic nitrogens is 3. The maximum atomic E-state index is 12.1. The predicted octanol–water partition coefficient (Wildman–Crippen LogP) is 0.188. The molecule has 112 valence electrons. The molecule has 1 aliphatic heterocycles. The van der Waals surface area contributed by atoms with Crippen molar-refractivity contribution in [3.8, 4) is 0 Å². The SMILES string of the molecule is CS(=O)(=O)c1nc2c(c(=O)[nH]1)CN(Cc1cncs1)CC2. The molecule has 3 heterocycles. The Hall–Kier alpha value is -1.58. The summed E-state index contributed by atoms with van der Waals surface area (Å²) in [6.45, 7) is 1.95. The first kappa shape index (κ1) is 14.4. The number of sulfone groups is 1. The minimum absolute atomic E-state index is 0.248. The summed E-state index contributed by atoms with van der Waals surface area (Å²) in [5, 5.41) is -0.248. The summed E-state index contributed by atoms with van der Waals surface area (Å²) >= 11 is 1.57. The molecule has 7 nitrogen and oxygen atoms in total. The van der Waals surface area contributed by atoms with Crippen LogP contribution in [0.15, 0.2) is 21.7 Å². The Balaban J connectivity index is 1.88. The molecule has 0 amide bonds. The normalized spacial score (nSPS) is 15.9. The third kappa shape index (κ3) is 3.04. The Bertz CT molecular complexity index is 812.